The van der Waals surface area contributed by atoms with E-state index in [4.69, 9.17) is 4.74 Å². The molecule has 2 amide bonds. The molecule has 1 rings (SSSR count). The first-order valence-corrected chi connectivity index (χ1v) is 7.63. The summed E-state index contributed by atoms with van der Waals surface area (Å²) >= 11 is 1.37. The normalized spacial score (nSPS) is 10.0. The lowest BCUT2D eigenvalue weighted by molar-refractivity contribution is -0.148. The smallest absolute Gasteiger partial charge is 0.325 e. The minimum atomic E-state index is -0.417. The second-order valence-corrected chi connectivity index (χ2v) is 5.34. The van der Waals surface area contributed by atoms with Gasteiger partial charge in [-0.25, -0.2) is 0 Å². The van der Waals surface area contributed by atoms with Gasteiger partial charge in [-0.1, -0.05) is 6.07 Å². The molecule has 0 aliphatic carbocycles. The van der Waals surface area contributed by atoms with Crippen molar-refractivity contribution < 1.29 is 19.1 Å². The number of likely N-dealkylation sites (N-methyl/N-ethyl adjacent to an activating group) is 1. The van der Waals surface area contributed by atoms with Gasteiger partial charge in [0, 0.05) is 20.0 Å². The standard InChI is InChI=1S/C14H20N2O4S/c1-3-20-13(18)10-16(2)12(17)7-4-8-15-14(19)11-6-5-9-21-11/h5-6,9H,3-4,7-8,10H2,1-2H3,(H,15,19). The monoisotopic (exact) mass is 312 g/mol. The number of ether oxygens (including phenoxy) is 1. The van der Waals surface area contributed by atoms with E-state index in [0.717, 1.165) is 0 Å². The number of thiophene rings is 1. The van der Waals surface area contributed by atoms with Gasteiger partial charge in [-0.2, -0.15) is 0 Å². The molecule has 0 fully saturated rings. The summed E-state index contributed by atoms with van der Waals surface area (Å²) in [5.74, 6) is -0.690. The molecule has 6 nitrogen and oxygen atoms in total. The number of nitrogens with zero attached hydrogens (tertiary/aromatic N) is 1. The van der Waals surface area contributed by atoms with Gasteiger partial charge in [0.2, 0.25) is 5.91 Å². The van der Waals surface area contributed by atoms with Gasteiger partial charge in [0.1, 0.15) is 6.54 Å². The summed E-state index contributed by atoms with van der Waals surface area (Å²) in [5, 5.41) is 4.59. The van der Waals surface area contributed by atoms with Crippen LogP contribution >= 0.6 is 11.3 Å². The Hall–Kier alpha value is -1.89. The van der Waals surface area contributed by atoms with Gasteiger partial charge in [0.05, 0.1) is 11.5 Å². The van der Waals surface area contributed by atoms with E-state index in [9.17, 15) is 14.4 Å². The molecule has 0 bridgehead atoms. The van der Waals surface area contributed by atoms with E-state index in [1.807, 2.05) is 11.4 Å². The van der Waals surface area contributed by atoms with E-state index in [-0.39, 0.29) is 24.8 Å². The van der Waals surface area contributed by atoms with Crippen LogP contribution in [0.2, 0.25) is 0 Å². The maximum absolute atomic E-state index is 11.8. The van der Waals surface area contributed by atoms with Gasteiger partial charge in [0.15, 0.2) is 0 Å². The van der Waals surface area contributed by atoms with Crippen molar-refractivity contribution in [2.45, 2.75) is 19.8 Å². The zero-order valence-electron chi connectivity index (χ0n) is 12.3. The molecular formula is C14H20N2O4S. The molecule has 0 unspecified atom stereocenters. The highest BCUT2D eigenvalue weighted by atomic mass is 32.1. The second-order valence-electron chi connectivity index (χ2n) is 4.39. The first-order chi connectivity index (χ1) is 10.0. The van der Waals surface area contributed by atoms with E-state index in [1.165, 1.54) is 16.2 Å². The lowest BCUT2D eigenvalue weighted by atomic mass is 10.2. The predicted octanol–water partition coefficient (Wildman–Crippen LogP) is 1.28. The van der Waals surface area contributed by atoms with Crippen molar-refractivity contribution in [1.29, 1.82) is 0 Å². The van der Waals surface area contributed by atoms with E-state index < -0.39 is 5.97 Å². The number of hydrogen-bond acceptors (Lipinski definition) is 5. The highest BCUT2D eigenvalue weighted by Gasteiger charge is 2.13. The molecule has 1 aromatic rings. The average molecular weight is 312 g/mol. The van der Waals surface area contributed by atoms with Crippen LogP contribution in [0, 0.1) is 0 Å². The summed E-state index contributed by atoms with van der Waals surface area (Å²) in [7, 11) is 1.56. The van der Waals surface area contributed by atoms with Crippen LogP contribution < -0.4 is 5.32 Å². The molecule has 1 aromatic heterocycles. The molecule has 116 valence electrons. The minimum Gasteiger partial charge on any atom is -0.465 e. The fourth-order valence-corrected chi connectivity index (χ4v) is 2.26. The van der Waals surface area contributed by atoms with Crippen LogP contribution in [0.3, 0.4) is 0 Å². The zero-order valence-corrected chi connectivity index (χ0v) is 13.1. The van der Waals surface area contributed by atoms with E-state index in [1.54, 1.807) is 20.0 Å². The Morgan fingerprint density at radius 1 is 1.38 bits per heavy atom. The maximum atomic E-state index is 11.8. The van der Waals surface area contributed by atoms with Crippen LogP contribution in [-0.2, 0) is 14.3 Å². The summed E-state index contributed by atoms with van der Waals surface area (Å²) in [6.07, 6.45) is 0.809. The Balaban J connectivity index is 2.18. The number of hydrogen-bond donors (Lipinski definition) is 1. The summed E-state index contributed by atoms with van der Waals surface area (Å²) in [6, 6.07) is 3.56. The van der Waals surface area contributed by atoms with Crippen LogP contribution in [-0.4, -0.2) is 49.4 Å². The third-order valence-corrected chi connectivity index (χ3v) is 3.56. The van der Waals surface area contributed by atoms with Crippen LogP contribution in [0.4, 0.5) is 0 Å². The van der Waals surface area contributed by atoms with Crippen LogP contribution in [0.25, 0.3) is 0 Å². The lowest BCUT2D eigenvalue weighted by Gasteiger charge is -2.15. The predicted molar refractivity (Wildman–Crippen MR) is 80.2 cm³/mol. The Morgan fingerprint density at radius 2 is 2.14 bits per heavy atom. The molecule has 7 heteroatoms. The lowest BCUT2D eigenvalue weighted by Crippen LogP contribution is -2.33. The van der Waals surface area contributed by atoms with Gasteiger partial charge in [-0.15, -0.1) is 11.3 Å². The van der Waals surface area contributed by atoms with Crippen molar-refractivity contribution in [2.75, 3.05) is 26.7 Å². The summed E-state index contributed by atoms with van der Waals surface area (Å²) < 4.78 is 4.77. The van der Waals surface area contributed by atoms with Crippen molar-refractivity contribution in [2.24, 2.45) is 0 Å². The maximum Gasteiger partial charge on any atom is 0.325 e. The van der Waals surface area contributed by atoms with Gasteiger partial charge in [0.25, 0.3) is 5.91 Å². The van der Waals surface area contributed by atoms with Gasteiger partial charge >= 0.3 is 5.97 Å². The average Bonchev–Trinajstić information content (AvgIpc) is 2.97. The fourth-order valence-electron chi connectivity index (χ4n) is 1.62. The van der Waals surface area contributed by atoms with Crippen molar-refractivity contribution in [3.8, 4) is 0 Å². The first-order valence-electron chi connectivity index (χ1n) is 6.76. The van der Waals surface area contributed by atoms with Gasteiger partial charge in [-0.3, -0.25) is 14.4 Å². The highest BCUT2D eigenvalue weighted by molar-refractivity contribution is 7.12. The molecular weight excluding hydrogens is 292 g/mol. The van der Waals surface area contributed by atoms with E-state index in [2.05, 4.69) is 5.32 Å². The Bertz CT molecular complexity index is 473. The number of amides is 2. The van der Waals surface area contributed by atoms with E-state index >= 15 is 0 Å². The molecule has 0 spiro atoms. The highest BCUT2D eigenvalue weighted by Crippen LogP contribution is 2.07. The van der Waals surface area contributed by atoms with Gasteiger partial charge in [-0.05, 0) is 24.8 Å². The molecule has 1 N–H and O–H groups in total. The second kappa shape index (κ2) is 9.12. The molecule has 1 heterocycles. The fraction of sp³-hybridized carbons (Fsp3) is 0.500. The number of esters is 1. The van der Waals surface area contributed by atoms with Crippen molar-refractivity contribution >= 4 is 29.1 Å². The Morgan fingerprint density at radius 3 is 2.76 bits per heavy atom. The van der Waals surface area contributed by atoms with Crippen LogP contribution in [0.1, 0.15) is 29.4 Å². The van der Waals surface area contributed by atoms with Crippen LogP contribution in [0.15, 0.2) is 17.5 Å². The first kappa shape index (κ1) is 17.2. The van der Waals surface area contributed by atoms with Crippen molar-refractivity contribution in [3.63, 3.8) is 0 Å². The summed E-state index contributed by atoms with van der Waals surface area (Å²) in [5.41, 5.74) is 0. The number of carbonyl (C=O) groups is 3. The number of rotatable bonds is 8. The number of carbonyl (C=O) groups excluding carboxylic acids is 3. The minimum absolute atomic E-state index is 0.0474. The quantitative estimate of drug-likeness (QED) is 0.579. The Labute approximate surface area is 128 Å². The molecule has 0 aromatic carbocycles. The van der Waals surface area contributed by atoms with Crippen LogP contribution in [0.5, 0.6) is 0 Å². The van der Waals surface area contributed by atoms with Crippen molar-refractivity contribution in [3.05, 3.63) is 22.4 Å². The molecule has 0 saturated carbocycles. The van der Waals surface area contributed by atoms with Gasteiger partial charge < -0.3 is 15.0 Å². The van der Waals surface area contributed by atoms with Crippen molar-refractivity contribution in [1.82, 2.24) is 10.2 Å². The molecule has 0 atom stereocenters. The largest absolute Gasteiger partial charge is 0.465 e. The third-order valence-electron chi connectivity index (χ3n) is 2.70. The molecule has 0 saturated heterocycles. The van der Waals surface area contributed by atoms with E-state index in [0.29, 0.717) is 24.4 Å². The number of nitrogens with one attached hydrogen (secondary N) is 1. The Kier molecular flexibility index (Phi) is 7.45. The zero-order chi connectivity index (χ0) is 15.7. The topological polar surface area (TPSA) is 75.7 Å². The molecule has 21 heavy (non-hydrogen) atoms. The molecule has 0 radical (unpaired) electrons. The SMILES string of the molecule is CCOC(=O)CN(C)C(=O)CCCNC(=O)c1cccs1. The molecule has 0 aliphatic heterocycles. The third kappa shape index (κ3) is 6.40. The summed E-state index contributed by atoms with van der Waals surface area (Å²) in [6.45, 7) is 2.40. The molecule has 0 aliphatic rings. The summed E-state index contributed by atoms with van der Waals surface area (Å²) in [4.78, 5) is 36.6.